The van der Waals surface area contributed by atoms with Crippen LogP contribution in [0, 0.1) is 11.8 Å². The predicted octanol–water partition coefficient (Wildman–Crippen LogP) is 5.00. The third kappa shape index (κ3) is 3.82. The molecule has 0 radical (unpaired) electrons. The number of aromatic nitrogens is 2. The summed E-state index contributed by atoms with van der Waals surface area (Å²) in [6.07, 6.45) is 4.39. The molecule has 3 atom stereocenters. The monoisotopic (exact) mass is 377 g/mol. The van der Waals surface area contributed by atoms with Gasteiger partial charge in [0.15, 0.2) is 5.78 Å². The second-order valence-electron chi connectivity index (χ2n) is 9.23. The Balaban J connectivity index is 1.58. The Morgan fingerprint density at radius 2 is 1.71 bits per heavy atom. The molecule has 1 aliphatic carbocycles. The lowest BCUT2D eigenvalue weighted by molar-refractivity contribution is 0.0962. The van der Waals surface area contributed by atoms with Crippen LogP contribution in [0.3, 0.4) is 0 Å². The molecule has 4 rings (SSSR count). The number of ketones is 1. The third-order valence-corrected chi connectivity index (χ3v) is 6.25. The summed E-state index contributed by atoms with van der Waals surface area (Å²) in [6, 6.07) is 8.77. The summed E-state index contributed by atoms with van der Waals surface area (Å²) in [5, 5.41) is 0. The van der Waals surface area contributed by atoms with Crippen molar-refractivity contribution in [2.75, 3.05) is 18.0 Å². The van der Waals surface area contributed by atoms with E-state index in [1.54, 1.807) is 6.20 Å². The second kappa shape index (κ2) is 7.65. The molecular weight excluding hydrogens is 346 g/mol. The number of carbonyl (C=O) groups excluding carboxylic acids is 1. The second-order valence-corrected chi connectivity index (χ2v) is 9.23. The lowest BCUT2D eigenvalue weighted by Gasteiger charge is -2.35. The molecule has 0 amide bonds. The predicted molar refractivity (Wildman–Crippen MR) is 113 cm³/mol. The van der Waals surface area contributed by atoms with Crippen LogP contribution in [0.1, 0.15) is 79.6 Å². The number of nitrogens with zero attached hydrogens (tertiary/aromatic N) is 3. The number of anilines is 1. The van der Waals surface area contributed by atoms with Gasteiger partial charge in [-0.15, -0.1) is 0 Å². The van der Waals surface area contributed by atoms with Crippen LogP contribution in [0.4, 0.5) is 5.95 Å². The molecule has 2 aromatic rings. The summed E-state index contributed by atoms with van der Waals surface area (Å²) in [4.78, 5) is 24.5. The SMILES string of the molecule is CC(C)c1ccc([C@@H]2CC(=O)c3cnc(N4C[C@@H](C)C[C@H](C)C4)nc3C2)cc1. The van der Waals surface area contributed by atoms with Gasteiger partial charge in [0.05, 0.1) is 11.3 Å². The summed E-state index contributed by atoms with van der Waals surface area (Å²) < 4.78 is 0. The summed E-state index contributed by atoms with van der Waals surface area (Å²) in [5.74, 6) is 3.00. The van der Waals surface area contributed by atoms with Crippen LogP contribution >= 0.6 is 0 Å². The van der Waals surface area contributed by atoms with E-state index in [0.717, 1.165) is 36.7 Å². The van der Waals surface area contributed by atoms with E-state index in [9.17, 15) is 4.79 Å². The van der Waals surface area contributed by atoms with Gasteiger partial charge in [0.1, 0.15) is 0 Å². The topological polar surface area (TPSA) is 46.1 Å². The van der Waals surface area contributed by atoms with E-state index in [1.807, 2.05) is 0 Å². The van der Waals surface area contributed by atoms with Gasteiger partial charge >= 0.3 is 0 Å². The molecule has 148 valence electrons. The molecule has 1 fully saturated rings. The zero-order chi connectivity index (χ0) is 19.8. The standard InChI is InChI=1S/C24H31N3O/c1-15(2)18-5-7-19(8-6-18)20-10-22-21(23(28)11-20)12-25-24(26-22)27-13-16(3)9-17(4)14-27/h5-8,12,15-17,20H,9-11,13-14H2,1-4H3/t16-,17-,20-/m0/s1. The van der Waals surface area contributed by atoms with Gasteiger partial charge in [0, 0.05) is 25.7 Å². The van der Waals surface area contributed by atoms with Crippen LogP contribution in [0.5, 0.6) is 0 Å². The van der Waals surface area contributed by atoms with Gasteiger partial charge in [0.25, 0.3) is 0 Å². The van der Waals surface area contributed by atoms with Crippen LogP contribution in [0.25, 0.3) is 0 Å². The van der Waals surface area contributed by atoms with Crippen molar-refractivity contribution in [3.63, 3.8) is 0 Å². The summed E-state index contributed by atoms with van der Waals surface area (Å²) in [5.41, 5.74) is 4.22. The first-order valence-electron chi connectivity index (χ1n) is 10.6. The fraction of sp³-hybridized carbons (Fsp3) is 0.542. The molecular formula is C24H31N3O. The quantitative estimate of drug-likeness (QED) is 0.755. The fourth-order valence-corrected chi connectivity index (χ4v) is 4.80. The van der Waals surface area contributed by atoms with Gasteiger partial charge in [-0.3, -0.25) is 4.79 Å². The largest absolute Gasteiger partial charge is 0.340 e. The maximum absolute atomic E-state index is 12.7. The normalized spacial score (nSPS) is 25.1. The minimum Gasteiger partial charge on any atom is -0.340 e. The highest BCUT2D eigenvalue weighted by atomic mass is 16.1. The molecule has 1 aromatic carbocycles. The molecule has 0 unspecified atom stereocenters. The van der Waals surface area contributed by atoms with Crippen molar-refractivity contribution < 1.29 is 4.79 Å². The molecule has 28 heavy (non-hydrogen) atoms. The number of Topliss-reactive ketones (excluding diaryl/α,β-unsaturated/α-hetero) is 1. The Labute approximate surface area is 168 Å². The molecule has 0 spiro atoms. The molecule has 0 bridgehead atoms. The third-order valence-electron chi connectivity index (χ3n) is 6.25. The summed E-state index contributed by atoms with van der Waals surface area (Å²) in [7, 11) is 0. The van der Waals surface area contributed by atoms with E-state index in [1.165, 1.54) is 17.5 Å². The Hall–Kier alpha value is -2.23. The smallest absolute Gasteiger partial charge is 0.225 e. The van der Waals surface area contributed by atoms with E-state index in [2.05, 4.69) is 61.8 Å². The van der Waals surface area contributed by atoms with E-state index in [4.69, 9.17) is 4.98 Å². The van der Waals surface area contributed by atoms with Crippen molar-refractivity contribution in [2.45, 2.75) is 58.8 Å². The molecule has 0 saturated carbocycles. The van der Waals surface area contributed by atoms with Gasteiger partial charge in [-0.2, -0.15) is 0 Å². The Morgan fingerprint density at radius 1 is 1.04 bits per heavy atom. The molecule has 1 aliphatic heterocycles. The minimum atomic E-state index is 0.172. The first-order chi connectivity index (χ1) is 13.4. The van der Waals surface area contributed by atoms with Gasteiger partial charge in [-0.25, -0.2) is 9.97 Å². The number of rotatable bonds is 3. The first-order valence-corrected chi connectivity index (χ1v) is 10.6. The Bertz CT molecular complexity index is 849. The Kier molecular flexibility index (Phi) is 5.22. The number of piperidine rings is 1. The van der Waals surface area contributed by atoms with Crippen molar-refractivity contribution in [3.8, 4) is 0 Å². The van der Waals surface area contributed by atoms with Gasteiger partial charge in [-0.1, -0.05) is 52.0 Å². The van der Waals surface area contributed by atoms with Crippen molar-refractivity contribution >= 4 is 11.7 Å². The lowest BCUT2D eigenvalue weighted by Crippen LogP contribution is -2.40. The number of carbonyl (C=O) groups is 1. The van der Waals surface area contributed by atoms with Crippen LogP contribution < -0.4 is 4.90 Å². The number of benzene rings is 1. The van der Waals surface area contributed by atoms with E-state index in [-0.39, 0.29) is 11.7 Å². The zero-order valence-corrected chi connectivity index (χ0v) is 17.5. The highest BCUT2D eigenvalue weighted by Gasteiger charge is 2.30. The molecule has 4 heteroatoms. The minimum absolute atomic E-state index is 0.172. The van der Waals surface area contributed by atoms with Gasteiger partial charge in [-0.05, 0) is 47.6 Å². The average molecular weight is 378 g/mol. The maximum atomic E-state index is 12.7. The summed E-state index contributed by atoms with van der Waals surface area (Å²) >= 11 is 0. The molecule has 1 aromatic heterocycles. The van der Waals surface area contributed by atoms with E-state index < -0.39 is 0 Å². The zero-order valence-electron chi connectivity index (χ0n) is 17.5. The highest BCUT2D eigenvalue weighted by molar-refractivity contribution is 5.98. The molecule has 1 saturated heterocycles. The molecule has 4 nitrogen and oxygen atoms in total. The maximum Gasteiger partial charge on any atom is 0.225 e. The van der Waals surface area contributed by atoms with Crippen LogP contribution in [-0.2, 0) is 6.42 Å². The fourth-order valence-electron chi connectivity index (χ4n) is 4.80. The first kappa shape index (κ1) is 19.1. The van der Waals surface area contributed by atoms with Crippen LogP contribution in [0.15, 0.2) is 30.5 Å². The van der Waals surface area contributed by atoms with E-state index >= 15 is 0 Å². The van der Waals surface area contributed by atoms with Crippen molar-refractivity contribution in [2.24, 2.45) is 11.8 Å². The lowest BCUT2D eigenvalue weighted by atomic mass is 9.81. The number of hydrogen-bond acceptors (Lipinski definition) is 4. The summed E-state index contributed by atoms with van der Waals surface area (Å²) in [6.45, 7) is 11.0. The van der Waals surface area contributed by atoms with Crippen LogP contribution in [-0.4, -0.2) is 28.8 Å². The Morgan fingerprint density at radius 3 is 2.36 bits per heavy atom. The highest BCUT2D eigenvalue weighted by Crippen LogP contribution is 2.33. The number of fused-ring (bicyclic) bond motifs is 1. The average Bonchev–Trinajstić information content (AvgIpc) is 2.67. The van der Waals surface area contributed by atoms with Gasteiger partial charge < -0.3 is 4.90 Å². The van der Waals surface area contributed by atoms with E-state index in [0.29, 0.717) is 24.2 Å². The van der Waals surface area contributed by atoms with Crippen molar-refractivity contribution in [1.82, 2.24) is 9.97 Å². The van der Waals surface area contributed by atoms with Crippen molar-refractivity contribution in [1.29, 1.82) is 0 Å². The van der Waals surface area contributed by atoms with Crippen molar-refractivity contribution in [3.05, 3.63) is 52.8 Å². The van der Waals surface area contributed by atoms with Gasteiger partial charge in [0.2, 0.25) is 5.95 Å². The number of hydrogen-bond donors (Lipinski definition) is 0. The molecule has 2 heterocycles. The molecule has 0 N–H and O–H groups in total. The molecule has 2 aliphatic rings. The van der Waals surface area contributed by atoms with Crippen LogP contribution in [0.2, 0.25) is 0 Å².